The van der Waals surface area contributed by atoms with Gasteiger partial charge < -0.3 is 10.1 Å². The average molecular weight is 345 g/mol. The van der Waals surface area contributed by atoms with Crippen LogP contribution in [0, 0.1) is 0 Å². The third-order valence-corrected chi connectivity index (χ3v) is 4.00. The summed E-state index contributed by atoms with van der Waals surface area (Å²) in [5.41, 5.74) is 1.18. The van der Waals surface area contributed by atoms with Crippen molar-refractivity contribution in [2.45, 2.75) is 0 Å². The lowest BCUT2D eigenvalue weighted by molar-refractivity contribution is 0.0693. The summed E-state index contributed by atoms with van der Waals surface area (Å²) in [4.78, 5) is 37.4. The smallest absolute Gasteiger partial charge is 0.261 e. The van der Waals surface area contributed by atoms with E-state index in [0.29, 0.717) is 22.0 Å². The largest absolute Gasteiger partial charge is 0.495 e. The highest BCUT2D eigenvalue weighted by Gasteiger charge is 2.33. The summed E-state index contributed by atoms with van der Waals surface area (Å²) in [6, 6.07) is 9.22. The van der Waals surface area contributed by atoms with Gasteiger partial charge in [0, 0.05) is 17.6 Å². The first kappa shape index (κ1) is 16.0. The summed E-state index contributed by atoms with van der Waals surface area (Å²) < 4.78 is 5.18. The second kappa shape index (κ2) is 5.98. The molecular weight excluding hydrogens is 332 g/mol. The Hall–Kier alpha value is -2.86. The van der Waals surface area contributed by atoms with E-state index in [0.717, 1.165) is 4.90 Å². The molecule has 7 heteroatoms. The predicted octanol–water partition coefficient (Wildman–Crippen LogP) is 2.83. The quantitative estimate of drug-likeness (QED) is 0.869. The Bertz CT molecular complexity index is 879. The highest BCUT2D eigenvalue weighted by molar-refractivity contribution is 6.31. The zero-order chi connectivity index (χ0) is 17.4. The summed E-state index contributed by atoms with van der Waals surface area (Å²) >= 11 is 5.94. The number of hydrogen-bond donors (Lipinski definition) is 1. The second-order valence-electron chi connectivity index (χ2n) is 5.23. The lowest BCUT2D eigenvalue weighted by Gasteiger charge is -2.11. The van der Waals surface area contributed by atoms with Gasteiger partial charge in [0.05, 0.1) is 23.9 Å². The van der Waals surface area contributed by atoms with Crippen molar-refractivity contribution < 1.29 is 19.1 Å². The third-order valence-electron chi connectivity index (χ3n) is 3.76. The van der Waals surface area contributed by atoms with E-state index in [1.807, 2.05) is 0 Å². The van der Waals surface area contributed by atoms with Gasteiger partial charge in [0.25, 0.3) is 17.7 Å². The summed E-state index contributed by atoms with van der Waals surface area (Å²) in [5.74, 6) is -0.781. The van der Waals surface area contributed by atoms with Crippen molar-refractivity contribution in [1.82, 2.24) is 4.90 Å². The number of methoxy groups -OCH3 is 1. The molecule has 0 saturated carbocycles. The number of benzene rings is 2. The van der Waals surface area contributed by atoms with Gasteiger partial charge in [-0.05, 0) is 36.4 Å². The molecule has 0 aromatic heterocycles. The molecule has 24 heavy (non-hydrogen) atoms. The number of nitrogens with zero attached hydrogens (tertiary/aromatic N) is 1. The van der Waals surface area contributed by atoms with Gasteiger partial charge in [0.15, 0.2) is 0 Å². The number of halogens is 1. The number of fused-ring (bicyclic) bond motifs is 1. The van der Waals surface area contributed by atoms with Crippen LogP contribution in [0.3, 0.4) is 0 Å². The zero-order valence-electron chi connectivity index (χ0n) is 12.9. The monoisotopic (exact) mass is 344 g/mol. The van der Waals surface area contributed by atoms with Gasteiger partial charge in [-0.1, -0.05) is 11.6 Å². The van der Waals surface area contributed by atoms with E-state index >= 15 is 0 Å². The minimum atomic E-state index is -0.437. The van der Waals surface area contributed by atoms with Crippen molar-refractivity contribution in [3.05, 3.63) is 58.1 Å². The highest BCUT2D eigenvalue weighted by Crippen LogP contribution is 2.29. The van der Waals surface area contributed by atoms with Gasteiger partial charge in [-0.3, -0.25) is 19.3 Å². The molecule has 0 bridgehead atoms. The minimum absolute atomic E-state index is 0.216. The number of amides is 3. The maximum Gasteiger partial charge on any atom is 0.261 e. The molecule has 2 aromatic carbocycles. The van der Waals surface area contributed by atoms with E-state index in [4.69, 9.17) is 16.3 Å². The topological polar surface area (TPSA) is 75.7 Å². The molecule has 0 fully saturated rings. The van der Waals surface area contributed by atoms with Gasteiger partial charge in [-0.2, -0.15) is 0 Å². The van der Waals surface area contributed by atoms with E-state index < -0.39 is 11.8 Å². The zero-order valence-corrected chi connectivity index (χ0v) is 13.7. The van der Waals surface area contributed by atoms with Crippen LogP contribution in [0.2, 0.25) is 5.02 Å². The number of anilines is 1. The Morgan fingerprint density at radius 2 is 1.79 bits per heavy atom. The van der Waals surface area contributed by atoms with Crippen LogP contribution in [0.25, 0.3) is 0 Å². The standard InChI is InChI=1S/C17H13ClN2O4/c1-20-16(22)11-5-3-9(7-12(11)17(20)23)15(21)19-13-8-10(18)4-6-14(13)24-2/h3-8H,1-2H3,(H,19,21). The van der Waals surface area contributed by atoms with E-state index in [2.05, 4.69) is 5.32 Å². The van der Waals surface area contributed by atoms with Crippen molar-refractivity contribution in [3.63, 3.8) is 0 Å². The van der Waals surface area contributed by atoms with Crippen LogP contribution in [0.1, 0.15) is 31.1 Å². The van der Waals surface area contributed by atoms with Crippen LogP contribution in [-0.2, 0) is 0 Å². The molecule has 1 N–H and O–H groups in total. The number of carbonyl (C=O) groups is 3. The van der Waals surface area contributed by atoms with E-state index in [9.17, 15) is 14.4 Å². The third kappa shape index (κ3) is 2.61. The maximum atomic E-state index is 12.4. The lowest BCUT2D eigenvalue weighted by atomic mass is 10.1. The van der Waals surface area contributed by atoms with Crippen LogP contribution in [0.15, 0.2) is 36.4 Å². The molecule has 0 atom stereocenters. The Morgan fingerprint density at radius 1 is 1.08 bits per heavy atom. The number of hydrogen-bond acceptors (Lipinski definition) is 4. The van der Waals surface area contributed by atoms with E-state index in [1.165, 1.54) is 32.4 Å². The Kier molecular flexibility index (Phi) is 3.99. The van der Waals surface area contributed by atoms with Crippen molar-refractivity contribution in [2.75, 3.05) is 19.5 Å². The molecule has 0 spiro atoms. The molecule has 1 aliphatic rings. The molecule has 2 aromatic rings. The van der Waals surface area contributed by atoms with Crippen LogP contribution >= 0.6 is 11.6 Å². The summed E-state index contributed by atoms with van der Waals surface area (Å²) in [6.45, 7) is 0. The van der Waals surface area contributed by atoms with Crippen LogP contribution in [-0.4, -0.2) is 36.8 Å². The van der Waals surface area contributed by atoms with Gasteiger partial charge in [0.2, 0.25) is 0 Å². The average Bonchev–Trinajstić information content (AvgIpc) is 2.79. The van der Waals surface area contributed by atoms with Crippen molar-refractivity contribution in [2.24, 2.45) is 0 Å². The second-order valence-corrected chi connectivity index (χ2v) is 5.66. The first-order valence-electron chi connectivity index (χ1n) is 7.03. The van der Waals surface area contributed by atoms with Crippen LogP contribution in [0.4, 0.5) is 5.69 Å². The van der Waals surface area contributed by atoms with Gasteiger partial charge in [-0.25, -0.2) is 0 Å². The first-order chi connectivity index (χ1) is 11.4. The molecule has 3 rings (SSSR count). The fourth-order valence-corrected chi connectivity index (χ4v) is 2.65. The normalized spacial score (nSPS) is 13.0. The highest BCUT2D eigenvalue weighted by atomic mass is 35.5. The molecule has 1 aliphatic heterocycles. The summed E-state index contributed by atoms with van der Waals surface area (Å²) in [5, 5.41) is 3.14. The Morgan fingerprint density at radius 3 is 2.50 bits per heavy atom. The van der Waals surface area contributed by atoms with Crippen molar-refractivity contribution >= 4 is 35.0 Å². The fraction of sp³-hybridized carbons (Fsp3) is 0.118. The van der Waals surface area contributed by atoms with Crippen LogP contribution < -0.4 is 10.1 Å². The molecule has 0 aliphatic carbocycles. The number of carbonyl (C=O) groups excluding carboxylic acids is 3. The minimum Gasteiger partial charge on any atom is -0.495 e. The SMILES string of the molecule is COc1ccc(Cl)cc1NC(=O)c1ccc2c(c1)C(=O)N(C)C2=O. The van der Waals surface area contributed by atoms with Crippen LogP contribution in [0.5, 0.6) is 5.75 Å². The maximum absolute atomic E-state index is 12.4. The molecule has 3 amide bonds. The van der Waals surface area contributed by atoms with Crippen molar-refractivity contribution in [1.29, 1.82) is 0 Å². The Balaban J connectivity index is 1.92. The molecule has 0 saturated heterocycles. The molecular formula is C17H13ClN2O4. The summed E-state index contributed by atoms with van der Waals surface area (Å²) in [6.07, 6.45) is 0. The van der Waals surface area contributed by atoms with Gasteiger partial charge in [-0.15, -0.1) is 0 Å². The molecule has 1 heterocycles. The van der Waals surface area contributed by atoms with Gasteiger partial charge >= 0.3 is 0 Å². The van der Waals surface area contributed by atoms with Gasteiger partial charge in [0.1, 0.15) is 5.75 Å². The van der Waals surface area contributed by atoms with E-state index in [1.54, 1.807) is 18.2 Å². The fourth-order valence-electron chi connectivity index (χ4n) is 2.47. The number of ether oxygens (including phenoxy) is 1. The lowest BCUT2D eigenvalue weighted by Crippen LogP contribution is -2.24. The summed E-state index contributed by atoms with van der Waals surface area (Å²) in [7, 11) is 2.88. The molecule has 6 nitrogen and oxygen atoms in total. The molecule has 0 radical (unpaired) electrons. The van der Waals surface area contributed by atoms with E-state index in [-0.39, 0.29) is 17.0 Å². The number of nitrogens with one attached hydrogen (secondary N) is 1. The first-order valence-corrected chi connectivity index (χ1v) is 7.41. The molecule has 122 valence electrons. The Labute approximate surface area is 143 Å². The predicted molar refractivity (Wildman–Crippen MR) is 88.8 cm³/mol. The van der Waals surface area contributed by atoms with Crippen molar-refractivity contribution in [3.8, 4) is 5.75 Å². The molecule has 0 unspecified atom stereocenters. The number of rotatable bonds is 3. The number of imide groups is 1.